The van der Waals surface area contributed by atoms with Crippen LogP contribution in [-0.4, -0.2) is 46.9 Å². The lowest BCUT2D eigenvalue weighted by Gasteiger charge is -2.36. The third kappa shape index (κ3) is 4.14. The first-order valence-corrected chi connectivity index (χ1v) is 13.0. The van der Waals surface area contributed by atoms with E-state index < -0.39 is 0 Å². The van der Waals surface area contributed by atoms with E-state index in [1.807, 2.05) is 24.4 Å². The molecule has 2 aromatic heterocycles. The molecule has 2 amide bonds. The van der Waals surface area contributed by atoms with Crippen LogP contribution in [0.2, 0.25) is 0 Å². The fourth-order valence-corrected chi connectivity index (χ4v) is 5.74. The van der Waals surface area contributed by atoms with E-state index in [-0.39, 0.29) is 23.9 Å². The number of imide groups is 1. The van der Waals surface area contributed by atoms with Crippen LogP contribution in [0.1, 0.15) is 74.6 Å². The van der Waals surface area contributed by atoms with Gasteiger partial charge in [0.05, 0.1) is 12.1 Å². The number of H-pyrrole nitrogens is 1. The van der Waals surface area contributed by atoms with Gasteiger partial charge in [0.15, 0.2) is 5.82 Å². The molecular formula is C28H29N7O2. The SMILES string of the molecule is CCCCc1cnc2n1C(c1ccc(-c3ccccc3-c3nnn[nH]3)cc1)CCC2N1C(=O)CCC1=O. The lowest BCUT2D eigenvalue weighted by molar-refractivity contribution is -0.142. The van der Waals surface area contributed by atoms with Crippen molar-refractivity contribution in [3.63, 3.8) is 0 Å². The second-order valence-electron chi connectivity index (χ2n) is 9.77. The van der Waals surface area contributed by atoms with E-state index in [0.29, 0.717) is 18.7 Å². The number of tetrazole rings is 1. The van der Waals surface area contributed by atoms with Crippen LogP contribution in [0, 0.1) is 0 Å². The van der Waals surface area contributed by atoms with Crippen molar-refractivity contribution in [2.75, 3.05) is 0 Å². The Morgan fingerprint density at radius 1 is 0.946 bits per heavy atom. The molecule has 1 fully saturated rings. The van der Waals surface area contributed by atoms with Gasteiger partial charge in [-0.1, -0.05) is 61.9 Å². The molecule has 1 saturated heterocycles. The second-order valence-corrected chi connectivity index (χ2v) is 9.77. The molecule has 0 saturated carbocycles. The predicted octanol–water partition coefficient (Wildman–Crippen LogP) is 4.65. The fourth-order valence-electron chi connectivity index (χ4n) is 5.74. The highest BCUT2D eigenvalue weighted by molar-refractivity contribution is 6.02. The van der Waals surface area contributed by atoms with Gasteiger partial charge in [0, 0.05) is 30.3 Å². The maximum Gasteiger partial charge on any atom is 0.230 e. The van der Waals surface area contributed by atoms with Crippen molar-refractivity contribution in [1.29, 1.82) is 0 Å². The lowest BCUT2D eigenvalue weighted by Crippen LogP contribution is -2.38. The predicted molar refractivity (Wildman–Crippen MR) is 137 cm³/mol. The number of nitrogens with zero attached hydrogens (tertiary/aromatic N) is 6. The molecule has 188 valence electrons. The van der Waals surface area contributed by atoms with Crippen molar-refractivity contribution in [2.45, 2.75) is 64.0 Å². The Labute approximate surface area is 214 Å². The number of benzene rings is 2. The molecule has 2 aliphatic rings. The van der Waals surface area contributed by atoms with Gasteiger partial charge in [-0.05, 0) is 52.8 Å². The molecule has 2 unspecified atom stereocenters. The van der Waals surface area contributed by atoms with Gasteiger partial charge in [0.1, 0.15) is 5.82 Å². The van der Waals surface area contributed by atoms with E-state index in [0.717, 1.165) is 60.3 Å². The third-order valence-electron chi connectivity index (χ3n) is 7.55. The quantitative estimate of drug-likeness (QED) is 0.374. The minimum atomic E-state index is -0.282. The maximum atomic E-state index is 12.6. The van der Waals surface area contributed by atoms with E-state index >= 15 is 0 Å². The summed E-state index contributed by atoms with van der Waals surface area (Å²) in [5.74, 6) is 1.30. The first kappa shape index (κ1) is 23.3. The fraction of sp³-hybridized carbons (Fsp3) is 0.357. The zero-order valence-electron chi connectivity index (χ0n) is 20.8. The molecule has 2 aliphatic heterocycles. The Balaban J connectivity index is 1.35. The van der Waals surface area contributed by atoms with Crippen LogP contribution in [0.4, 0.5) is 0 Å². The molecule has 0 radical (unpaired) electrons. The maximum absolute atomic E-state index is 12.6. The van der Waals surface area contributed by atoms with Gasteiger partial charge in [0.2, 0.25) is 11.8 Å². The molecular weight excluding hydrogens is 466 g/mol. The molecule has 37 heavy (non-hydrogen) atoms. The number of fused-ring (bicyclic) bond motifs is 1. The average molecular weight is 496 g/mol. The minimum absolute atomic E-state index is 0.0805. The minimum Gasteiger partial charge on any atom is -0.323 e. The van der Waals surface area contributed by atoms with E-state index in [9.17, 15) is 9.59 Å². The molecule has 1 N–H and O–H groups in total. The van der Waals surface area contributed by atoms with Gasteiger partial charge in [-0.25, -0.2) is 10.1 Å². The molecule has 0 bridgehead atoms. The Kier molecular flexibility index (Phi) is 6.12. The van der Waals surface area contributed by atoms with Crippen LogP contribution in [0.25, 0.3) is 22.5 Å². The molecule has 4 heterocycles. The summed E-state index contributed by atoms with van der Waals surface area (Å²) in [5, 5.41) is 14.4. The summed E-state index contributed by atoms with van der Waals surface area (Å²) >= 11 is 0. The molecule has 2 atom stereocenters. The van der Waals surface area contributed by atoms with Crippen molar-refractivity contribution < 1.29 is 9.59 Å². The number of hydrogen-bond donors (Lipinski definition) is 1. The largest absolute Gasteiger partial charge is 0.323 e. The molecule has 0 aliphatic carbocycles. The monoisotopic (exact) mass is 495 g/mol. The number of likely N-dealkylation sites (tertiary alicyclic amines) is 1. The number of unbranched alkanes of at least 4 members (excludes halogenated alkanes) is 1. The summed E-state index contributed by atoms with van der Waals surface area (Å²) in [4.78, 5) is 31.4. The summed E-state index contributed by atoms with van der Waals surface area (Å²) in [6, 6.07) is 16.5. The number of rotatable bonds is 7. The van der Waals surface area contributed by atoms with Crippen LogP contribution in [0.15, 0.2) is 54.7 Å². The number of hydrogen-bond acceptors (Lipinski definition) is 6. The zero-order valence-corrected chi connectivity index (χ0v) is 20.8. The van der Waals surface area contributed by atoms with Crippen molar-refractivity contribution in [2.24, 2.45) is 0 Å². The standard InChI is InChI=1S/C28H29N7O2/c1-2-3-6-20-17-29-28-24(35-25(36)15-16-26(35)37)14-13-23(34(20)28)19-11-9-18(10-12-19)21-7-4-5-8-22(21)27-30-32-33-31-27/h4-5,7-12,17,23-24H,2-3,6,13-16H2,1H3,(H,30,31,32,33). The topological polar surface area (TPSA) is 110 Å². The van der Waals surface area contributed by atoms with Crippen LogP contribution in [0.5, 0.6) is 0 Å². The van der Waals surface area contributed by atoms with Gasteiger partial charge < -0.3 is 4.57 Å². The first-order valence-electron chi connectivity index (χ1n) is 13.0. The number of aromatic amines is 1. The highest BCUT2D eigenvalue weighted by Crippen LogP contribution is 2.42. The van der Waals surface area contributed by atoms with Crippen LogP contribution in [-0.2, 0) is 16.0 Å². The normalized spacial score (nSPS) is 19.4. The lowest BCUT2D eigenvalue weighted by atomic mass is 9.91. The van der Waals surface area contributed by atoms with E-state index in [2.05, 4.69) is 62.4 Å². The Morgan fingerprint density at radius 2 is 1.68 bits per heavy atom. The molecule has 0 spiro atoms. The highest BCUT2D eigenvalue weighted by Gasteiger charge is 2.41. The average Bonchev–Trinajstić information content (AvgIpc) is 3.68. The van der Waals surface area contributed by atoms with Crippen molar-refractivity contribution in [1.82, 2.24) is 35.1 Å². The van der Waals surface area contributed by atoms with Crippen molar-refractivity contribution in [3.8, 4) is 22.5 Å². The Hall–Kier alpha value is -4.14. The van der Waals surface area contributed by atoms with E-state index in [1.54, 1.807) is 0 Å². The number of amides is 2. The second kappa shape index (κ2) is 9.72. The smallest absolute Gasteiger partial charge is 0.230 e. The van der Waals surface area contributed by atoms with Crippen LogP contribution in [0.3, 0.4) is 0 Å². The Morgan fingerprint density at radius 3 is 2.38 bits per heavy atom. The number of nitrogens with one attached hydrogen (secondary N) is 1. The van der Waals surface area contributed by atoms with Crippen molar-refractivity contribution >= 4 is 11.8 Å². The number of carbonyl (C=O) groups excluding carboxylic acids is 2. The van der Waals surface area contributed by atoms with E-state index in [4.69, 9.17) is 4.98 Å². The van der Waals surface area contributed by atoms with E-state index in [1.165, 1.54) is 10.5 Å². The first-order chi connectivity index (χ1) is 18.2. The molecule has 9 heteroatoms. The van der Waals surface area contributed by atoms with Crippen molar-refractivity contribution in [3.05, 3.63) is 71.8 Å². The number of imidazole rings is 1. The zero-order chi connectivity index (χ0) is 25.4. The van der Waals surface area contributed by atoms with Gasteiger partial charge in [-0.2, -0.15) is 0 Å². The number of aryl methyl sites for hydroxylation is 1. The molecule has 6 rings (SSSR count). The molecule has 2 aromatic carbocycles. The number of aromatic nitrogens is 6. The summed E-state index contributed by atoms with van der Waals surface area (Å²) in [6.45, 7) is 2.18. The van der Waals surface area contributed by atoms with Gasteiger partial charge in [-0.3, -0.25) is 14.5 Å². The number of carbonyl (C=O) groups is 2. The molecule has 4 aromatic rings. The van der Waals surface area contributed by atoms with Crippen LogP contribution < -0.4 is 0 Å². The Bertz CT molecular complexity index is 1410. The molecule has 9 nitrogen and oxygen atoms in total. The van der Waals surface area contributed by atoms with Gasteiger partial charge in [0.25, 0.3) is 0 Å². The summed E-state index contributed by atoms with van der Waals surface area (Å²) in [5.41, 5.74) is 5.43. The van der Waals surface area contributed by atoms with Crippen LogP contribution >= 0.6 is 0 Å². The highest BCUT2D eigenvalue weighted by atomic mass is 16.2. The third-order valence-corrected chi connectivity index (χ3v) is 7.55. The summed E-state index contributed by atoms with van der Waals surface area (Å²) in [7, 11) is 0. The summed E-state index contributed by atoms with van der Waals surface area (Å²) < 4.78 is 2.30. The van der Waals surface area contributed by atoms with Gasteiger partial charge in [-0.15, -0.1) is 5.10 Å². The van der Waals surface area contributed by atoms with Gasteiger partial charge >= 0.3 is 0 Å². The summed E-state index contributed by atoms with van der Waals surface area (Å²) in [6.07, 6.45) is 7.18.